The van der Waals surface area contributed by atoms with Gasteiger partial charge >= 0.3 is 1.43 Å². The van der Waals surface area contributed by atoms with Gasteiger partial charge in [0, 0.05) is 18.4 Å². The summed E-state index contributed by atoms with van der Waals surface area (Å²) < 4.78 is 0. The second-order valence-electron chi connectivity index (χ2n) is 2.37. The minimum Gasteiger partial charge on any atom is -0.344 e. The summed E-state index contributed by atoms with van der Waals surface area (Å²) in [5.41, 5.74) is 1.28. The second-order valence-corrected chi connectivity index (χ2v) is 2.37. The van der Waals surface area contributed by atoms with E-state index in [2.05, 4.69) is 47.6 Å². The van der Waals surface area contributed by atoms with Crippen LogP contribution in [0.25, 0.3) is 0 Å². The van der Waals surface area contributed by atoms with E-state index in [0.717, 1.165) is 6.54 Å². The van der Waals surface area contributed by atoms with Gasteiger partial charge in [0.25, 0.3) is 0 Å². The number of nitrogens with zero attached hydrogens (tertiary/aromatic N) is 1. The highest BCUT2D eigenvalue weighted by molar-refractivity contribution is 5.33. The highest BCUT2D eigenvalue weighted by atomic mass is 15.1. The van der Waals surface area contributed by atoms with Crippen molar-refractivity contribution in [2.75, 3.05) is 6.54 Å². The molecule has 0 atom stereocenters. The molecule has 0 saturated heterocycles. The number of hydrogen-bond acceptors (Lipinski definition) is 1. The van der Waals surface area contributed by atoms with E-state index in [1.165, 1.54) is 5.70 Å². The molecule has 0 N–H and O–H groups in total. The van der Waals surface area contributed by atoms with E-state index in [4.69, 9.17) is 0 Å². The van der Waals surface area contributed by atoms with Gasteiger partial charge in [0.15, 0.2) is 0 Å². The predicted molar refractivity (Wildman–Crippen MR) is 43.3 cm³/mol. The van der Waals surface area contributed by atoms with Crippen LogP contribution in [0.3, 0.4) is 0 Å². The molecule has 0 spiro atoms. The first-order chi connectivity index (χ1) is 4.97. The monoisotopic (exact) mass is 132 g/mol. The van der Waals surface area contributed by atoms with Crippen molar-refractivity contribution >= 4 is 0 Å². The Morgan fingerprint density at radius 3 is 3.20 bits per heavy atom. The van der Waals surface area contributed by atoms with Gasteiger partial charge in [0.1, 0.15) is 0 Å². The lowest BCUT2D eigenvalue weighted by atomic mass is 10.2. The standard InChI is InChI=1S/C9H9N/c1-3-7-10-8-4-2-6-9(10)5-1/h1-7H,8H2/p+1. The van der Waals surface area contributed by atoms with Crippen molar-refractivity contribution in [3.8, 4) is 0 Å². The summed E-state index contributed by atoms with van der Waals surface area (Å²) in [5, 5.41) is 0. The Kier molecular flexibility index (Phi) is 1.21. The maximum atomic E-state index is 2.21. The Morgan fingerprint density at radius 1 is 1.30 bits per heavy atom. The van der Waals surface area contributed by atoms with E-state index in [0.29, 0.717) is 0 Å². The third-order valence-corrected chi connectivity index (χ3v) is 1.68. The van der Waals surface area contributed by atoms with Crippen LogP contribution in [0.2, 0.25) is 0 Å². The van der Waals surface area contributed by atoms with Crippen LogP contribution >= 0.6 is 0 Å². The van der Waals surface area contributed by atoms with Crippen molar-refractivity contribution in [1.82, 2.24) is 4.90 Å². The van der Waals surface area contributed by atoms with E-state index in [9.17, 15) is 0 Å². The van der Waals surface area contributed by atoms with E-state index in [1.54, 1.807) is 0 Å². The minimum absolute atomic E-state index is 0. The first-order valence-electron chi connectivity index (χ1n) is 3.45. The highest BCUT2D eigenvalue weighted by Gasteiger charge is 2.05. The molecule has 0 bridgehead atoms. The summed E-state index contributed by atoms with van der Waals surface area (Å²) in [7, 11) is 0. The number of hydrogen-bond donors (Lipinski definition) is 0. The van der Waals surface area contributed by atoms with E-state index in [1.807, 2.05) is 0 Å². The fourth-order valence-corrected chi connectivity index (χ4v) is 1.15. The summed E-state index contributed by atoms with van der Waals surface area (Å²) in [5.74, 6) is 0. The lowest BCUT2D eigenvalue weighted by Crippen LogP contribution is -2.18. The fourth-order valence-electron chi connectivity index (χ4n) is 1.15. The van der Waals surface area contributed by atoms with Gasteiger partial charge in [0.05, 0.1) is 0 Å². The van der Waals surface area contributed by atoms with Crippen LogP contribution in [0.15, 0.2) is 48.4 Å². The van der Waals surface area contributed by atoms with Crippen molar-refractivity contribution in [3.05, 3.63) is 48.4 Å². The molecule has 0 aliphatic carbocycles. The van der Waals surface area contributed by atoms with Crippen LogP contribution in [-0.2, 0) is 0 Å². The predicted octanol–water partition coefficient (Wildman–Crippen LogP) is 1.94. The van der Waals surface area contributed by atoms with Crippen LogP contribution < -0.4 is 0 Å². The highest BCUT2D eigenvalue weighted by Crippen LogP contribution is 2.14. The molecule has 0 aromatic heterocycles. The van der Waals surface area contributed by atoms with Gasteiger partial charge < -0.3 is 4.90 Å². The third-order valence-electron chi connectivity index (χ3n) is 1.68. The van der Waals surface area contributed by atoms with Gasteiger partial charge in [-0.1, -0.05) is 18.2 Å². The Balaban J connectivity index is 0.000000605. The SMILES string of the molecule is C1=CCN2C=CC=CC2=C1.[H+]. The van der Waals surface area contributed by atoms with E-state index >= 15 is 0 Å². The second kappa shape index (κ2) is 2.18. The van der Waals surface area contributed by atoms with Crippen LogP contribution in [0.4, 0.5) is 0 Å². The van der Waals surface area contributed by atoms with E-state index < -0.39 is 0 Å². The van der Waals surface area contributed by atoms with Crippen molar-refractivity contribution in [2.24, 2.45) is 0 Å². The van der Waals surface area contributed by atoms with Gasteiger partial charge in [-0.05, 0) is 18.2 Å². The molecule has 0 fully saturated rings. The maximum absolute atomic E-state index is 2.21. The lowest BCUT2D eigenvalue weighted by Gasteiger charge is -2.23. The number of allylic oxidation sites excluding steroid dienone is 5. The molecule has 2 aliphatic rings. The smallest absolute Gasteiger partial charge is 0.344 e. The quantitative estimate of drug-likeness (QED) is 0.487. The minimum atomic E-state index is 0. The Bertz CT molecular complexity index is 248. The van der Waals surface area contributed by atoms with Gasteiger partial charge in [-0.3, -0.25) is 0 Å². The third kappa shape index (κ3) is 0.798. The molecule has 0 aromatic carbocycles. The molecular formula is C9H10N+. The van der Waals surface area contributed by atoms with Gasteiger partial charge in [-0.15, -0.1) is 0 Å². The molecule has 1 heteroatoms. The van der Waals surface area contributed by atoms with Gasteiger partial charge in [-0.2, -0.15) is 0 Å². The number of fused-ring (bicyclic) bond motifs is 1. The summed E-state index contributed by atoms with van der Waals surface area (Å²) in [6.45, 7) is 1.01. The topological polar surface area (TPSA) is 3.24 Å². The summed E-state index contributed by atoms with van der Waals surface area (Å²) >= 11 is 0. The molecule has 0 unspecified atom stereocenters. The van der Waals surface area contributed by atoms with Crippen molar-refractivity contribution in [2.45, 2.75) is 0 Å². The Labute approximate surface area is 62.1 Å². The largest absolute Gasteiger partial charge is 1.00 e. The molecule has 0 radical (unpaired) electrons. The van der Waals surface area contributed by atoms with Crippen molar-refractivity contribution < 1.29 is 1.43 Å². The molecule has 0 amide bonds. The van der Waals surface area contributed by atoms with Gasteiger partial charge in [-0.25, -0.2) is 0 Å². The molecule has 2 aliphatic heterocycles. The zero-order valence-corrected chi connectivity index (χ0v) is 5.70. The van der Waals surface area contributed by atoms with Crippen molar-refractivity contribution in [1.29, 1.82) is 0 Å². The fraction of sp³-hybridized carbons (Fsp3) is 0.111. The zero-order chi connectivity index (χ0) is 6.81. The van der Waals surface area contributed by atoms with Crippen LogP contribution in [-0.4, -0.2) is 11.4 Å². The van der Waals surface area contributed by atoms with Crippen LogP contribution in [0.5, 0.6) is 0 Å². The van der Waals surface area contributed by atoms with Crippen LogP contribution in [0.1, 0.15) is 1.43 Å². The van der Waals surface area contributed by atoms with Gasteiger partial charge in [0.2, 0.25) is 0 Å². The Hall–Kier alpha value is -1.24. The molecule has 0 aromatic rings. The summed E-state index contributed by atoms with van der Waals surface area (Å²) in [6, 6.07) is 0. The molecule has 0 saturated carbocycles. The summed E-state index contributed by atoms with van der Waals surface area (Å²) in [6.07, 6.45) is 14.7. The lowest BCUT2D eigenvalue weighted by molar-refractivity contribution is 0.523. The molecule has 2 rings (SSSR count). The first-order valence-corrected chi connectivity index (χ1v) is 3.45. The maximum Gasteiger partial charge on any atom is 1.00 e. The summed E-state index contributed by atoms with van der Waals surface area (Å²) in [4.78, 5) is 2.21. The Morgan fingerprint density at radius 2 is 2.30 bits per heavy atom. The molecule has 50 valence electrons. The average molecular weight is 132 g/mol. The van der Waals surface area contributed by atoms with Crippen molar-refractivity contribution in [3.63, 3.8) is 0 Å². The molecule has 10 heavy (non-hydrogen) atoms. The number of rotatable bonds is 0. The molecule has 1 nitrogen and oxygen atoms in total. The normalized spacial score (nSPS) is 20.8. The van der Waals surface area contributed by atoms with Crippen LogP contribution in [0, 0.1) is 0 Å². The zero-order valence-electron chi connectivity index (χ0n) is 6.70. The molecular weight excluding hydrogens is 122 g/mol. The average Bonchev–Trinajstić information content (AvgIpc) is 2.05. The molecule has 2 heterocycles. The first kappa shape index (κ1) is 5.54. The van der Waals surface area contributed by atoms with E-state index in [-0.39, 0.29) is 1.43 Å².